The summed E-state index contributed by atoms with van der Waals surface area (Å²) in [5, 5.41) is 0. The molecule has 0 radical (unpaired) electrons. The fraction of sp³-hybridized carbons (Fsp3) is 0.688. The third kappa shape index (κ3) is 8.46. The van der Waals surface area contributed by atoms with Gasteiger partial charge in [0.15, 0.2) is 0 Å². The lowest BCUT2D eigenvalue weighted by atomic mass is 10.1. The van der Waals surface area contributed by atoms with Crippen LogP contribution in [0.4, 0.5) is 0 Å². The molecule has 0 saturated heterocycles. The lowest BCUT2D eigenvalue weighted by Gasteiger charge is -2.04. The summed E-state index contributed by atoms with van der Waals surface area (Å²) >= 11 is 0. The molecule has 3 nitrogen and oxygen atoms in total. The van der Waals surface area contributed by atoms with E-state index in [1.807, 2.05) is 18.5 Å². The Kier molecular flexibility index (Phi) is 8.86. The highest BCUT2D eigenvalue weighted by molar-refractivity contribution is 5.69. The van der Waals surface area contributed by atoms with Gasteiger partial charge < -0.3 is 9.72 Å². The van der Waals surface area contributed by atoms with Gasteiger partial charge in [-0.05, 0) is 30.9 Å². The van der Waals surface area contributed by atoms with Crippen LogP contribution >= 0.6 is 0 Å². The molecule has 0 saturated carbocycles. The van der Waals surface area contributed by atoms with Crippen molar-refractivity contribution in [1.29, 1.82) is 0 Å². The van der Waals surface area contributed by atoms with E-state index in [2.05, 4.69) is 11.9 Å². The summed E-state index contributed by atoms with van der Waals surface area (Å²) in [5.74, 6) is -0.0518. The minimum atomic E-state index is -0.0518. The molecule has 0 fully saturated rings. The Morgan fingerprint density at radius 1 is 1.16 bits per heavy atom. The molecule has 0 aromatic carbocycles. The number of hydrogen-bond donors (Lipinski definition) is 1. The predicted octanol–water partition coefficient (Wildman–Crippen LogP) is 4.24. The van der Waals surface area contributed by atoms with E-state index < -0.39 is 0 Å². The average molecular weight is 265 g/mol. The highest BCUT2D eigenvalue weighted by Gasteiger charge is 2.03. The Bertz CT molecular complexity index is 319. The van der Waals surface area contributed by atoms with Crippen LogP contribution in [0.3, 0.4) is 0 Å². The quantitative estimate of drug-likeness (QED) is 0.480. The first-order valence-corrected chi connectivity index (χ1v) is 7.60. The second-order valence-corrected chi connectivity index (χ2v) is 5.06. The van der Waals surface area contributed by atoms with Gasteiger partial charge >= 0.3 is 5.97 Å². The van der Waals surface area contributed by atoms with Crippen molar-refractivity contribution in [3.05, 3.63) is 24.0 Å². The van der Waals surface area contributed by atoms with Crippen molar-refractivity contribution in [3.8, 4) is 0 Å². The minimum absolute atomic E-state index is 0.0518. The van der Waals surface area contributed by atoms with Crippen molar-refractivity contribution in [2.24, 2.45) is 0 Å². The van der Waals surface area contributed by atoms with E-state index in [0.717, 1.165) is 19.3 Å². The molecular formula is C16H27NO2. The Labute approximate surface area is 116 Å². The summed E-state index contributed by atoms with van der Waals surface area (Å²) in [6.45, 7) is 2.81. The van der Waals surface area contributed by atoms with Crippen molar-refractivity contribution in [2.45, 2.75) is 64.7 Å². The van der Waals surface area contributed by atoms with E-state index in [-0.39, 0.29) is 5.97 Å². The summed E-state index contributed by atoms with van der Waals surface area (Å²) in [6, 6.07) is 2.04. The van der Waals surface area contributed by atoms with Gasteiger partial charge in [-0.25, -0.2) is 0 Å². The Morgan fingerprint density at radius 2 is 1.95 bits per heavy atom. The Morgan fingerprint density at radius 3 is 2.68 bits per heavy atom. The minimum Gasteiger partial charge on any atom is -0.466 e. The standard InChI is InChI=1S/C16H27NO2/c1-2-3-4-5-6-7-13-19-16(18)10-8-9-15-11-12-17-14-15/h11-12,14,17H,2-10,13H2,1H3. The van der Waals surface area contributed by atoms with Crippen LogP contribution in [0, 0.1) is 0 Å². The topological polar surface area (TPSA) is 42.1 Å². The highest BCUT2D eigenvalue weighted by atomic mass is 16.5. The predicted molar refractivity (Wildman–Crippen MR) is 78.1 cm³/mol. The van der Waals surface area contributed by atoms with Crippen molar-refractivity contribution in [1.82, 2.24) is 4.98 Å². The third-order valence-electron chi connectivity index (χ3n) is 3.27. The van der Waals surface area contributed by atoms with Crippen LogP contribution in [-0.4, -0.2) is 17.6 Å². The summed E-state index contributed by atoms with van der Waals surface area (Å²) in [6.07, 6.45) is 13.6. The smallest absolute Gasteiger partial charge is 0.305 e. The Balaban J connectivity index is 1.88. The maximum absolute atomic E-state index is 11.5. The molecule has 19 heavy (non-hydrogen) atoms. The fourth-order valence-electron chi connectivity index (χ4n) is 2.09. The molecule has 0 aliphatic rings. The number of aryl methyl sites for hydroxylation is 1. The van der Waals surface area contributed by atoms with E-state index in [1.54, 1.807) is 0 Å². The van der Waals surface area contributed by atoms with Crippen molar-refractivity contribution in [2.75, 3.05) is 6.61 Å². The van der Waals surface area contributed by atoms with Crippen molar-refractivity contribution >= 4 is 5.97 Å². The lowest BCUT2D eigenvalue weighted by molar-refractivity contribution is -0.143. The first-order valence-electron chi connectivity index (χ1n) is 7.60. The number of carbonyl (C=O) groups excluding carboxylic acids is 1. The van der Waals surface area contributed by atoms with E-state index in [4.69, 9.17) is 4.74 Å². The highest BCUT2D eigenvalue weighted by Crippen LogP contribution is 2.07. The number of aromatic amines is 1. The molecule has 0 aliphatic heterocycles. The van der Waals surface area contributed by atoms with Gasteiger partial charge in [0.25, 0.3) is 0 Å². The molecule has 1 rings (SSSR count). The normalized spacial score (nSPS) is 10.6. The summed E-state index contributed by atoms with van der Waals surface area (Å²) in [7, 11) is 0. The van der Waals surface area contributed by atoms with Crippen LogP contribution in [0.15, 0.2) is 18.5 Å². The third-order valence-corrected chi connectivity index (χ3v) is 3.27. The van der Waals surface area contributed by atoms with Gasteiger partial charge in [0.1, 0.15) is 0 Å². The van der Waals surface area contributed by atoms with Crippen LogP contribution in [0.25, 0.3) is 0 Å². The van der Waals surface area contributed by atoms with Gasteiger partial charge in [-0.1, -0.05) is 39.0 Å². The summed E-state index contributed by atoms with van der Waals surface area (Å²) < 4.78 is 5.22. The van der Waals surface area contributed by atoms with Crippen LogP contribution in [-0.2, 0) is 16.0 Å². The SMILES string of the molecule is CCCCCCCCOC(=O)CCCc1cc[nH]c1. The first-order chi connectivity index (χ1) is 9.33. The van der Waals surface area contributed by atoms with Crippen LogP contribution in [0.1, 0.15) is 63.9 Å². The van der Waals surface area contributed by atoms with Gasteiger partial charge in [0.05, 0.1) is 6.61 Å². The van der Waals surface area contributed by atoms with Crippen LogP contribution in [0.5, 0.6) is 0 Å². The second-order valence-electron chi connectivity index (χ2n) is 5.06. The number of esters is 1. The number of aromatic nitrogens is 1. The van der Waals surface area contributed by atoms with Gasteiger partial charge in [0, 0.05) is 18.8 Å². The number of unbranched alkanes of at least 4 members (excludes halogenated alkanes) is 5. The molecule has 0 aliphatic carbocycles. The molecule has 3 heteroatoms. The number of hydrogen-bond acceptors (Lipinski definition) is 2. The van der Waals surface area contributed by atoms with Crippen molar-refractivity contribution < 1.29 is 9.53 Å². The Hall–Kier alpha value is -1.25. The van der Waals surface area contributed by atoms with E-state index >= 15 is 0 Å². The van der Waals surface area contributed by atoms with Gasteiger partial charge in [-0.3, -0.25) is 4.79 Å². The van der Waals surface area contributed by atoms with Gasteiger partial charge in [-0.15, -0.1) is 0 Å². The first kappa shape index (κ1) is 15.8. The lowest BCUT2D eigenvalue weighted by Crippen LogP contribution is -2.06. The molecule has 0 amide bonds. The number of rotatable bonds is 11. The van der Waals surface area contributed by atoms with E-state index in [9.17, 15) is 4.79 Å². The number of ether oxygens (including phenoxy) is 1. The molecule has 0 atom stereocenters. The zero-order chi connectivity index (χ0) is 13.8. The molecule has 1 heterocycles. The zero-order valence-corrected chi connectivity index (χ0v) is 12.1. The van der Waals surface area contributed by atoms with E-state index in [1.165, 1.54) is 37.7 Å². The fourth-order valence-corrected chi connectivity index (χ4v) is 2.09. The zero-order valence-electron chi connectivity index (χ0n) is 12.1. The molecule has 108 valence electrons. The van der Waals surface area contributed by atoms with Crippen LogP contribution < -0.4 is 0 Å². The summed E-state index contributed by atoms with van der Waals surface area (Å²) in [5.41, 5.74) is 1.25. The maximum Gasteiger partial charge on any atom is 0.305 e. The maximum atomic E-state index is 11.5. The molecule has 1 aromatic heterocycles. The van der Waals surface area contributed by atoms with Crippen LogP contribution in [0.2, 0.25) is 0 Å². The monoisotopic (exact) mass is 265 g/mol. The molecule has 0 bridgehead atoms. The summed E-state index contributed by atoms with van der Waals surface area (Å²) in [4.78, 5) is 14.5. The number of H-pyrrole nitrogens is 1. The molecule has 1 aromatic rings. The average Bonchev–Trinajstić information content (AvgIpc) is 2.91. The second kappa shape index (κ2) is 10.7. The van der Waals surface area contributed by atoms with Gasteiger partial charge in [0.2, 0.25) is 0 Å². The molecule has 0 unspecified atom stereocenters. The molecule has 0 spiro atoms. The molecular weight excluding hydrogens is 238 g/mol. The van der Waals surface area contributed by atoms with E-state index in [0.29, 0.717) is 13.0 Å². The van der Waals surface area contributed by atoms with Crippen molar-refractivity contribution in [3.63, 3.8) is 0 Å². The van der Waals surface area contributed by atoms with Gasteiger partial charge in [-0.2, -0.15) is 0 Å². The molecule has 1 N–H and O–H groups in total. The largest absolute Gasteiger partial charge is 0.466 e. The number of nitrogens with one attached hydrogen (secondary N) is 1. The number of carbonyl (C=O) groups is 1.